The van der Waals surface area contributed by atoms with Gasteiger partial charge in [-0.15, -0.1) is 0 Å². The topological polar surface area (TPSA) is 46.2 Å². The monoisotopic (exact) mass is 175 g/mol. The van der Waals surface area contributed by atoms with E-state index in [1.165, 1.54) is 6.92 Å². The van der Waals surface area contributed by atoms with E-state index in [1.807, 2.05) is 0 Å². The smallest absolute Gasteiger partial charge is 0.220 e. The molecule has 1 N–H and O–H groups in total. The minimum atomic E-state index is -0.0748. The van der Waals surface area contributed by atoms with Crippen LogP contribution in [0.15, 0.2) is 0 Å². The summed E-state index contributed by atoms with van der Waals surface area (Å²) in [6.07, 6.45) is 1.21. The summed E-state index contributed by atoms with van der Waals surface area (Å²) >= 11 is 3.96. The van der Waals surface area contributed by atoms with Crippen LogP contribution < -0.4 is 5.32 Å². The number of ketones is 1. The van der Waals surface area contributed by atoms with Crippen molar-refractivity contribution in [3.05, 3.63) is 0 Å². The van der Waals surface area contributed by atoms with Crippen LogP contribution >= 0.6 is 12.6 Å². The zero-order valence-corrected chi connectivity index (χ0v) is 7.49. The summed E-state index contributed by atoms with van der Waals surface area (Å²) in [5.74, 6) is 0.603. The Morgan fingerprint density at radius 3 is 2.55 bits per heavy atom. The van der Waals surface area contributed by atoms with E-state index in [-0.39, 0.29) is 18.2 Å². The van der Waals surface area contributed by atoms with Gasteiger partial charge in [-0.3, -0.25) is 9.59 Å². The molecular formula is C7H13NO2S. The predicted octanol–water partition coefficient (Wildman–Crippen LogP) is 0.402. The summed E-state index contributed by atoms with van der Waals surface area (Å²) in [4.78, 5) is 21.2. The molecule has 0 aromatic rings. The number of rotatable bonds is 5. The molecule has 0 aliphatic carbocycles. The highest BCUT2D eigenvalue weighted by Gasteiger charge is 1.99. The van der Waals surface area contributed by atoms with E-state index in [0.29, 0.717) is 12.2 Å². The number of nitrogens with one attached hydrogen (secondary N) is 1. The molecule has 0 spiro atoms. The van der Waals surface area contributed by atoms with Crippen LogP contribution in [0, 0.1) is 0 Å². The summed E-state index contributed by atoms with van der Waals surface area (Å²) in [6, 6.07) is 0. The highest BCUT2D eigenvalue weighted by molar-refractivity contribution is 7.80. The Kier molecular flexibility index (Phi) is 5.93. The number of amides is 1. The standard InChI is InChI=1S/C7H13NO2S/c1-6(9)5-8-7(10)3-2-4-11/h11H,2-5H2,1H3,(H,8,10). The van der Waals surface area contributed by atoms with E-state index < -0.39 is 0 Å². The van der Waals surface area contributed by atoms with Crippen molar-refractivity contribution < 1.29 is 9.59 Å². The molecule has 0 aliphatic heterocycles. The fourth-order valence-corrected chi connectivity index (χ4v) is 0.709. The zero-order chi connectivity index (χ0) is 8.69. The van der Waals surface area contributed by atoms with Gasteiger partial charge in [-0.2, -0.15) is 12.6 Å². The van der Waals surface area contributed by atoms with Gasteiger partial charge in [0.1, 0.15) is 5.78 Å². The van der Waals surface area contributed by atoms with E-state index in [1.54, 1.807) is 0 Å². The molecule has 4 heteroatoms. The minimum absolute atomic E-state index is 0.0239. The van der Waals surface area contributed by atoms with Gasteiger partial charge in [-0.1, -0.05) is 0 Å². The SMILES string of the molecule is CC(=O)CNC(=O)CCCS. The Morgan fingerprint density at radius 1 is 1.45 bits per heavy atom. The number of thiol groups is 1. The third-order valence-corrected chi connectivity index (χ3v) is 1.41. The molecule has 0 aromatic heterocycles. The van der Waals surface area contributed by atoms with E-state index in [2.05, 4.69) is 17.9 Å². The van der Waals surface area contributed by atoms with Gasteiger partial charge >= 0.3 is 0 Å². The summed E-state index contributed by atoms with van der Waals surface area (Å²) in [5, 5.41) is 2.49. The van der Waals surface area contributed by atoms with Gasteiger partial charge in [-0.25, -0.2) is 0 Å². The van der Waals surface area contributed by atoms with Crippen LogP contribution in [0.25, 0.3) is 0 Å². The van der Waals surface area contributed by atoms with E-state index in [9.17, 15) is 9.59 Å². The quantitative estimate of drug-likeness (QED) is 0.594. The van der Waals surface area contributed by atoms with Crippen LogP contribution in [0.5, 0.6) is 0 Å². The Labute approximate surface area is 72.0 Å². The van der Waals surface area contributed by atoms with Crippen LogP contribution in [0.4, 0.5) is 0 Å². The summed E-state index contributed by atoms with van der Waals surface area (Å²) < 4.78 is 0. The molecule has 0 radical (unpaired) electrons. The molecular weight excluding hydrogens is 162 g/mol. The second kappa shape index (κ2) is 6.22. The molecule has 0 rings (SSSR count). The van der Waals surface area contributed by atoms with Crippen molar-refractivity contribution in [1.82, 2.24) is 5.32 Å². The van der Waals surface area contributed by atoms with E-state index in [4.69, 9.17) is 0 Å². The third-order valence-electron chi connectivity index (χ3n) is 1.10. The van der Waals surface area contributed by atoms with Crippen LogP contribution in [-0.4, -0.2) is 24.0 Å². The number of carbonyl (C=O) groups is 2. The van der Waals surface area contributed by atoms with Crippen molar-refractivity contribution >= 4 is 24.3 Å². The van der Waals surface area contributed by atoms with E-state index >= 15 is 0 Å². The fourth-order valence-electron chi connectivity index (χ4n) is 0.551. The number of hydrogen-bond acceptors (Lipinski definition) is 3. The molecule has 0 fully saturated rings. The number of Topliss-reactive ketones (excluding diaryl/α,β-unsaturated/α-hetero) is 1. The Bertz CT molecular complexity index is 147. The highest BCUT2D eigenvalue weighted by Crippen LogP contribution is 1.90. The first kappa shape index (κ1) is 10.5. The van der Waals surface area contributed by atoms with Gasteiger partial charge in [0.05, 0.1) is 6.54 Å². The Hall–Kier alpha value is -0.510. The van der Waals surface area contributed by atoms with Gasteiger partial charge in [0, 0.05) is 6.42 Å². The predicted molar refractivity (Wildman–Crippen MR) is 46.8 cm³/mol. The van der Waals surface area contributed by atoms with E-state index in [0.717, 1.165) is 6.42 Å². The number of carbonyl (C=O) groups excluding carboxylic acids is 2. The van der Waals surface area contributed by atoms with Crippen LogP contribution in [0.1, 0.15) is 19.8 Å². The summed E-state index contributed by atoms with van der Waals surface area (Å²) in [7, 11) is 0. The lowest BCUT2D eigenvalue weighted by Crippen LogP contribution is -2.27. The molecule has 0 saturated heterocycles. The van der Waals surface area contributed by atoms with Gasteiger partial charge in [0.25, 0.3) is 0 Å². The number of hydrogen-bond donors (Lipinski definition) is 2. The maximum atomic E-state index is 10.8. The minimum Gasteiger partial charge on any atom is -0.349 e. The van der Waals surface area contributed by atoms with Crippen LogP contribution in [0.3, 0.4) is 0 Å². The summed E-state index contributed by atoms with van der Waals surface area (Å²) in [5.41, 5.74) is 0. The lowest BCUT2D eigenvalue weighted by Gasteiger charge is -2.00. The first-order valence-corrected chi connectivity index (χ1v) is 4.17. The first-order chi connectivity index (χ1) is 5.16. The molecule has 0 atom stereocenters. The third kappa shape index (κ3) is 7.39. The molecule has 3 nitrogen and oxygen atoms in total. The molecule has 0 unspecified atom stereocenters. The van der Waals surface area contributed by atoms with Crippen molar-refractivity contribution in [2.24, 2.45) is 0 Å². The lowest BCUT2D eigenvalue weighted by molar-refractivity contribution is -0.124. The second-order valence-corrected chi connectivity index (χ2v) is 2.75. The zero-order valence-electron chi connectivity index (χ0n) is 6.59. The van der Waals surface area contributed by atoms with Crippen molar-refractivity contribution in [1.29, 1.82) is 0 Å². The molecule has 0 heterocycles. The normalized spacial score (nSPS) is 9.27. The van der Waals surface area contributed by atoms with Crippen molar-refractivity contribution in [3.8, 4) is 0 Å². The average Bonchev–Trinajstić information content (AvgIpc) is 1.97. The molecule has 11 heavy (non-hydrogen) atoms. The van der Waals surface area contributed by atoms with Crippen molar-refractivity contribution in [2.45, 2.75) is 19.8 Å². The molecule has 64 valence electrons. The fraction of sp³-hybridized carbons (Fsp3) is 0.714. The first-order valence-electron chi connectivity index (χ1n) is 3.54. The molecule has 0 aliphatic rings. The maximum absolute atomic E-state index is 10.8. The van der Waals surface area contributed by atoms with Crippen molar-refractivity contribution in [2.75, 3.05) is 12.3 Å². The van der Waals surface area contributed by atoms with Crippen LogP contribution in [-0.2, 0) is 9.59 Å². The Morgan fingerprint density at radius 2 is 2.09 bits per heavy atom. The lowest BCUT2D eigenvalue weighted by atomic mass is 10.3. The second-order valence-electron chi connectivity index (χ2n) is 2.31. The molecule has 0 saturated carbocycles. The van der Waals surface area contributed by atoms with Gasteiger partial charge in [-0.05, 0) is 19.1 Å². The maximum Gasteiger partial charge on any atom is 0.220 e. The highest BCUT2D eigenvalue weighted by atomic mass is 32.1. The average molecular weight is 175 g/mol. The molecule has 1 amide bonds. The van der Waals surface area contributed by atoms with Gasteiger partial charge in [0.15, 0.2) is 0 Å². The van der Waals surface area contributed by atoms with Gasteiger partial charge in [0.2, 0.25) is 5.91 Å². The van der Waals surface area contributed by atoms with Crippen molar-refractivity contribution in [3.63, 3.8) is 0 Å². The molecule has 0 aromatic carbocycles. The molecule has 0 bridgehead atoms. The summed E-state index contributed by atoms with van der Waals surface area (Å²) in [6.45, 7) is 1.59. The van der Waals surface area contributed by atoms with Gasteiger partial charge < -0.3 is 5.32 Å². The van der Waals surface area contributed by atoms with Crippen LogP contribution in [0.2, 0.25) is 0 Å². The Balaban J connectivity index is 3.30. The largest absolute Gasteiger partial charge is 0.349 e.